The first-order valence-corrected chi connectivity index (χ1v) is 7.21. The van der Waals surface area contributed by atoms with E-state index in [1.54, 1.807) is 6.07 Å². The summed E-state index contributed by atoms with van der Waals surface area (Å²) in [5.41, 5.74) is 15.7. The van der Waals surface area contributed by atoms with Crippen LogP contribution in [0.5, 0.6) is 0 Å². The van der Waals surface area contributed by atoms with Crippen molar-refractivity contribution in [2.75, 3.05) is 42.7 Å². The summed E-state index contributed by atoms with van der Waals surface area (Å²) in [5.74, 6) is 1.33. The molecule has 6 nitrogen and oxygen atoms in total. The summed E-state index contributed by atoms with van der Waals surface area (Å²) < 4.78 is 5.80. The van der Waals surface area contributed by atoms with Crippen molar-refractivity contribution in [2.45, 2.75) is 13.8 Å². The van der Waals surface area contributed by atoms with Gasteiger partial charge in [-0.2, -0.15) is 0 Å². The molecular formula is C16H23N3O3. The van der Waals surface area contributed by atoms with E-state index >= 15 is 0 Å². The zero-order valence-electron chi connectivity index (χ0n) is 13.0. The van der Waals surface area contributed by atoms with E-state index in [9.17, 15) is 10.2 Å². The third-order valence-electron chi connectivity index (χ3n) is 3.72. The topological polar surface area (TPSA) is 109 Å². The lowest BCUT2D eigenvalue weighted by Gasteiger charge is -2.25. The van der Waals surface area contributed by atoms with Crippen LogP contribution in [-0.4, -0.2) is 36.5 Å². The van der Waals surface area contributed by atoms with Crippen LogP contribution in [0.15, 0.2) is 22.6 Å². The van der Waals surface area contributed by atoms with Gasteiger partial charge in [-0.05, 0) is 32.0 Å². The molecule has 2 rings (SSSR count). The minimum atomic E-state index is -0.0118. The highest BCUT2D eigenvalue weighted by Crippen LogP contribution is 2.38. The van der Waals surface area contributed by atoms with Crippen LogP contribution in [0.1, 0.15) is 11.3 Å². The number of aryl methyl sites for hydroxylation is 1. The summed E-state index contributed by atoms with van der Waals surface area (Å²) in [5, 5.41) is 18.5. The molecule has 0 unspecified atom stereocenters. The zero-order valence-corrected chi connectivity index (χ0v) is 13.0. The van der Waals surface area contributed by atoms with E-state index in [0.717, 1.165) is 16.8 Å². The number of aliphatic hydroxyl groups excluding tert-OH is 2. The Morgan fingerprint density at radius 3 is 2.23 bits per heavy atom. The van der Waals surface area contributed by atoms with E-state index in [1.807, 2.05) is 30.9 Å². The van der Waals surface area contributed by atoms with Crippen LogP contribution in [-0.2, 0) is 0 Å². The van der Waals surface area contributed by atoms with Crippen LogP contribution in [0.4, 0.5) is 17.1 Å². The van der Waals surface area contributed by atoms with Gasteiger partial charge in [-0.3, -0.25) is 0 Å². The second-order valence-electron chi connectivity index (χ2n) is 5.24. The number of anilines is 3. The smallest absolute Gasteiger partial charge is 0.141 e. The number of rotatable bonds is 6. The second-order valence-corrected chi connectivity index (χ2v) is 5.24. The minimum absolute atomic E-state index is 0.0118. The third kappa shape index (κ3) is 3.03. The van der Waals surface area contributed by atoms with Gasteiger partial charge in [-0.1, -0.05) is 0 Å². The standard InChI is InChI=1S/C16H23N3O3/c1-10-15(18)11(2)22-16(10)13-9-12(17)3-4-14(13)19(5-7-20)6-8-21/h3-4,9,20-21H,5-8,17-18H2,1-2H3. The maximum atomic E-state index is 9.25. The van der Waals surface area contributed by atoms with Crippen LogP contribution in [0, 0.1) is 13.8 Å². The molecule has 1 aromatic carbocycles. The first kappa shape index (κ1) is 16.2. The molecule has 0 saturated heterocycles. The second kappa shape index (κ2) is 6.72. The summed E-state index contributed by atoms with van der Waals surface area (Å²) in [6, 6.07) is 5.47. The molecule has 0 radical (unpaired) electrons. The fraction of sp³-hybridized carbons (Fsp3) is 0.375. The molecule has 0 saturated carbocycles. The van der Waals surface area contributed by atoms with Gasteiger partial charge in [0.05, 0.1) is 18.9 Å². The number of nitrogens with two attached hydrogens (primary N) is 2. The van der Waals surface area contributed by atoms with Crippen molar-refractivity contribution in [3.05, 3.63) is 29.5 Å². The monoisotopic (exact) mass is 305 g/mol. The SMILES string of the molecule is Cc1oc(-c2cc(N)ccc2N(CCO)CCO)c(C)c1N. The molecule has 0 spiro atoms. The van der Waals surface area contributed by atoms with Gasteiger partial charge in [0.2, 0.25) is 0 Å². The molecule has 0 aliphatic rings. The fourth-order valence-corrected chi connectivity index (χ4v) is 2.53. The first-order valence-electron chi connectivity index (χ1n) is 7.21. The average molecular weight is 305 g/mol. The lowest BCUT2D eigenvalue weighted by Crippen LogP contribution is -2.30. The van der Waals surface area contributed by atoms with Crippen molar-refractivity contribution in [3.8, 4) is 11.3 Å². The largest absolute Gasteiger partial charge is 0.459 e. The van der Waals surface area contributed by atoms with Gasteiger partial charge in [0.1, 0.15) is 11.5 Å². The normalized spacial score (nSPS) is 10.9. The minimum Gasteiger partial charge on any atom is -0.459 e. The molecule has 120 valence electrons. The van der Waals surface area contributed by atoms with Gasteiger partial charge >= 0.3 is 0 Å². The van der Waals surface area contributed by atoms with Crippen LogP contribution in [0.2, 0.25) is 0 Å². The lowest BCUT2D eigenvalue weighted by molar-refractivity contribution is 0.281. The summed E-state index contributed by atoms with van der Waals surface area (Å²) in [4.78, 5) is 1.89. The van der Waals surface area contributed by atoms with Crippen LogP contribution in [0.25, 0.3) is 11.3 Å². The summed E-state index contributed by atoms with van der Waals surface area (Å²) >= 11 is 0. The van der Waals surface area contributed by atoms with Crippen molar-refractivity contribution in [1.29, 1.82) is 0 Å². The zero-order chi connectivity index (χ0) is 16.3. The van der Waals surface area contributed by atoms with Crippen LogP contribution < -0.4 is 16.4 Å². The first-order chi connectivity index (χ1) is 10.5. The number of aliphatic hydroxyl groups is 2. The van der Waals surface area contributed by atoms with E-state index < -0.39 is 0 Å². The Balaban J connectivity index is 2.58. The van der Waals surface area contributed by atoms with Gasteiger partial charge < -0.3 is 31.0 Å². The number of hydrogen-bond acceptors (Lipinski definition) is 6. The Hall–Kier alpha value is -2.18. The molecule has 0 bridgehead atoms. The average Bonchev–Trinajstić information content (AvgIpc) is 2.75. The summed E-state index contributed by atoms with van der Waals surface area (Å²) in [6.45, 7) is 4.51. The molecule has 6 heteroatoms. The maximum Gasteiger partial charge on any atom is 0.141 e. The van der Waals surface area contributed by atoms with Gasteiger partial charge in [0.15, 0.2) is 0 Å². The van der Waals surface area contributed by atoms with Crippen LogP contribution >= 0.6 is 0 Å². The molecule has 2 aromatic rings. The molecule has 1 heterocycles. The molecule has 1 aromatic heterocycles. The van der Waals surface area contributed by atoms with E-state index in [1.165, 1.54) is 0 Å². The Bertz CT molecular complexity index is 646. The Morgan fingerprint density at radius 2 is 1.73 bits per heavy atom. The Morgan fingerprint density at radius 1 is 1.09 bits per heavy atom. The molecule has 0 aliphatic heterocycles. The van der Waals surface area contributed by atoms with Crippen molar-refractivity contribution in [3.63, 3.8) is 0 Å². The molecule has 0 fully saturated rings. The Labute approximate surface area is 130 Å². The van der Waals surface area contributed by atoms with Crippen molar-refractivity contribution in [1.82, 2.24) is 0 Å². The molecule has 22 heavy (non-hydrogen) atoms. The van der Waals surface area contributed by atoms with E-state index in [0.29, 0.717) is 36.0 Å². The predicted molar refractivity (Wildman–Crippen MR) is 88.8 cm³/mol. The highest BCUT2D eigenvalue weighted by atomic mass is 16.3. The molecular weight excluding hydrogens is 282 g/mol. The lowest BCUT2D eigenvalue weighted by atomic mass is 10.0. The fourth-order valence-electron chi connectivity index (χ4n) is 2.53. The Kier molecular flexibility index (Phi) is 4.95. The number of nitrogen functional groups attached to an aromatic ring is 2. The highest BCUT2D eigenvalue weighted by Gasteiger charge is 2.19. The maximum absolute atomic E-state index is 9.25. The summed E-state index contributed by atoms with van der Waals surface area (Å²) in [7, 11) is 0. The number of hydrogen-bond donors (Lipinski definition) is 4. The molecule has 6 N–H and O–H groups in total. The van der Waals surface area contributed by atoms with Crippen molar-refractivity contribution in [2.24, 2.45) is 0 Å². The van der Waals surface area contributed by atoms with Gasteiger partial charge in [0.25, 0.3) is 0 Å². The third-order valence-corrected chi connectivity index (χ3v) is 3.72. The summed E-state index contributed by atoms with van der Waals surface area (Å²) in [6.07, 6.45) is 0. The number of benzene rings is 1. The number of furan rings is 1. The predicted octanol–water partition coefficient (Wildman–Crippen LogP) is 1.52. The van der Waals surface area contributed by atoms with E-state index in [4.69, 9.17) is 15.9 Å². The highest BCUT2D eigenvalue weighted by molar-refractivity contribution is 5.82. The molecule has 0 amide bonds. The van der Waals surface area contributed by atoms with Gasteiger partial charge in [0, 0.05) is 35.6 Å². The van der Waals surface area contributed by atoms with Crippen molar-refractivity contribution >= 4 is 17.1 Å². The van der Waals surface area contributed by atoms with E-state index in [-0.39, 0.29) is 13.2 Å². The van der Waals surface area contributed by atoms with E-state index in [2.05, 4.69) is 0 Å². The van der Waals surface area contributed by atoms with Crippen molar-refractivity contribution < 1.29 is 14.6 Å². The van der Waals surface area contributed by atoms with Gasteiger partial charge in [-0.15, -0.1) is 0 Å². The van der Waals surface area contributed by atoms with Crippen LogP contribution in [0.3, 0.4) is 0 Å². The van der Waals surface area contributed by atoms with Gasteiger partial charge in [-0.25, -0.2) is 0 Å². The molecule has 0 aliphatic carbocycles. The molecule has 0 atom stereocenters. The number of nitrogens with zero attached hydrogens (tertiary/aromatic N) is 1. The quantitative estimate of drug-likeness (QED) is 0.603.